The molecule has 0 radical (unpaired) electrons. The number of carbonyl (C=O) groups is 3. The molecule has 7 heteroatoms. The van der Waals surface area contributed by atoms with E-state index in [1.54, 1.807) is 6.92 Å². The molecule has 126 valence electrons. The Morgan fingerprint density at radius 3 is 2.43 bits per heavy atom. The Labute approximate surface area is 135 Å². The van der Waals surface area contributed by atoms with Crippen LogP contribution in [0.4, 0.5) is 4.79 Å². The van der Waals surface area contributed by atoms with E-state index in [0.717, 1.165) is 5.56 Å². The predicted octanol–water partition coefficient (Wildman–Crippen LogP) is 1.53. The van der Waals surface area contributed by atoms with Gasteiger partial charge < -0.3 is 20.5 Å². The monoisotopic (exact) mass is 322 g/mol. The number of hydrogen-bond acceptors (Lipinski definition) is 4. The molecule has 0 aliphatic heterocycles. The second-order valence-electron chi connectivity index (χ2n) is 5.18. The summed E-state index contributed by atoms with van der Waals surface area (Å²) in [6.45, 7) is 3.33. The molecular weight excluding hydrogens is 300 g/mol. The highest BCUT2D eigenvalue weighted by atomic mass is 16.5. The van der Waals surface area contributed by atoms with E-state index in [9.17, 15) is 14.4 Å². The number of carboxylic acids is 1. The van der Waals surface area contributed by atoms with Crippen LogP contribution in [0, 0.1) is 5.92 Å². The van der Waals surface area contributed by atoms with Crippen molar-refractivity contribution in [2.24, 2.45) is 5.92 Å². The van der Waals surface area contributed by atoms with Crippen molar-refractivity contribution < 1.29 is 24.2 Å². The maximum atomic E-state index is 11.7. The van der Waals surface area contributed by atoms with Crippen molar-refractivity contribution >= 4 is 18.0 Å². The van der Waals surface area contributed by atoms with Crippen molar-refractivity contribution in [2.75, 3.05) is 6.54 Å². The van der Waals surface area contributed by atoms with Crippen LogP contribution < -0.4 is 10.6 Å². The largest absolute Gasteiger partial charge is 0.480 e. The predicted molar refractivity (Wildman–Crippen MR) is 83.7 cm³/mol. The van der Waals surface area contributed by atoms with Crippen LogP contribution in [-0.4, -0.2) is 35.7 Å². The van der Waals surface area contributed by atoms with Gasteiger partial charge >= 0.3 is 12.1 Å². The standard InChI is InChI=1S/C16H22N2O5/c1-3-11(2)14(15(20)21)18-13(19)9-17-16(22)23-10-12-7-5-4-6-8-12/h4-8,11,14H,3,9-10H2,1-2H3,(H,17,22)(H,18,19)(H,20,21)/t11-,14+/m0/s1. The lowest BCUT2D eigenvalue weighted by Gasteiger charge is -2.20. The third-order valence-electron chi connectivity index (χ3n) is 3.40. The van der Waals surface area contributed by atoms with E-state index in [4.69, 9.17) is 9.84 Å². The van der Waals surface area contributed by atoms with E-state index < -0.39 is 24.0 Å². The number of rotatable bonds is 8. The maximum Gasteiger partial charge on any atom is 0.407 e. The molecule has 0 saturated carbocycles. The second-order valence-corrected chi connectivity index (χ2v) is 5.18. The first-order valence-electron chi connectivity index (χ1n) is 7.40. The molecule has 3 N–H and O–H groups in total. The molecule has 1 aromatic rings. The van der Waals surface area contributed by atoms with Gasteiger partial charge in [-0.15, -0.1) is 0 Å². The molecule has 0 heterocycles. The quantitative estimate of drug-likeness (QED) is 0.673. The van der Waals surface area contributed by atoms with Crippen LogP contribution in [-0.2, 0) is 20.9 Å². The molecule has 2 amide bonds. The lowest BCUT2D eigenvalue weighted by atomic mass is 9.99. The third kappa shape index (κ3) is 6.82. The highest BCUT2D eigenvalue weighted by Crippen LogP contribution is 2.07. The fourth-order valence-electron chi connectivity index (χ4n) is 1.83. The molecule has 1 rings (SSSR count). The van der Waals surface area contributed by atoms with Gasteiger partial charge in [0.25, 0.3) is 0 Å². The minimum Gasteiger partial charge on any atom is -0.480 e. The number of hydrogen-bond donors (Lipinski definition) is 3. The van der Waals surface area contributed by atoms with E-state index in [2.05, 4.69) is 10.6 Å². The van der Waals surface area contributed by atoms with Crippen LogP contribution in [0.3, 0.4) is 0 Å². The van der Waals surface area contributed by atoms with Crippen molar-refractivity contribution in [1.82, 2.24) is 10.6 Å². The number of carbonyl (C=O) groups excluding carboxylic acids is 2. The van der Waals surface area contributed by atoms with Gasteiger partial charge in [0.05, 0.1) is 0 Å². The van der Waals surface area contributed by atoms with Gasteiger partial charge in [-0.1, -0.05) is 50.6 Å². The second kappa shape index (κ2) is 9.45. The van der Waals surface area contributed by atoms with Crippen LogP contribution in [0.5, 0.6) is 0 Å². The van der Waals surface area contributed by atoms with Crippen molar-refractivity contribution in [3.8, 4) is 0 Å². The molecule has 0 aliphatic carbocycles. The zero-order valence-corrected chi connectivity index (χ0v) is 13.2. The Morgan fingerprint density at radius 2 is 1.87 bits per heavy atom. The molecule has 0 aliphatic rings. The molecule has 0 bridgehead atoms. The summed E-state index contributed by atoms with van der Waals surface area (Å²) < 4.78 is 4.95. The zero-order valence-electron chi connectivity index (χ0n) is 13.2. The molecule has 1 aromatic carbocycles. The smallest absolute Gasteiger partial charge is 0.407 e. The molecule has 0 spiro atoms. The van der Waals surface area contributed by atoms with Crippen LogP contribution in [0.15, 0.2) is 30.3 Å². The van der Waals surface area contributed by atoms with Gasteiger partial charge in [0, 0.05) is 0 Å². The fourth-order valence-corrected chi connectivity index (χ4v) is 1.83. The van der Waals surface area contributed by atoms with Crippen molar-refractivity contribution in [3.05, 3.63) is 35.9 Å². The normalized spacial score (nSPS) is 12.8. The average Bonchev–Trinajstić information content (AvgIpc) is 2.55. The van der Waals surface area contributed by atoms with Crippen molar-refractivity contribution in [2.45, 2.75) is 32.9 Å². The highest BCUT2D eigenvalue weighted by molar-refractivity contribution is 5.86. The summed E-state index contributed by atoms with van der Waals surface area (Å²) in [4.78, 5) is 34.3. The summed E-state index contributed by atoms with van der Waals surface area (Å²) >= 11 is 0. The lowest BCUT2D eigenvalue weighted by Crippen LogP contribution is -2.48. The van der Waals surface area contributed by atoms with Gasteiger partial charge in [-0.25, -0.2) is 9.59 Å². The Hall–Kier alpha value is -2.57. The van der Waals surface area contributed by atoms with Crippen LogP contribution in [0.2, 0.25) is 0 Å². The number of amides is 2. The van der Waals surface area contributed by atoms with Crippen LogP contribution >= 0.6 is 0 Å². The molecule has 23 heavy (non-hydrogen) atoms. The van der Waals surface area contributed by atoms with Crippen LogP contribution in [0.1, 0.15) is 25.8 Å². The Kier molecular flexibility index (Phi) is 7.59. The van der Waals surface area contributed by atoms with Crippen molar-refractivity contribution in [1.29, 1.82) is 0 Å². The zero-order chi connectivity index (χ0) is 17.2. The van der Waals surface area contributed by atoms with E-state index >= 15 is 0 Å². The summed E-state index contributed by atoms with van der Waals surface area (Å²) in [5.74, 6) is -1.88. The summed E-state index contributed by atoms with van der Waals surface area (Å²) in [6, 6.07) is 8.14. The number of aliphatic carboxylic acids is 1. The van der Waals surface area contributed by atoms with Gasteiger partial charge in [0.2, 0.25) is 5.91 Å². The van der Waals surface area contributed by atoms with Gasteiger partial charge in [0.15, 0.2) is 0 Å². The SMILES string of the molecule is CC[C@H](C)[C@@H](NC(=O)CNC(=O)OCc1ccccc1)C(=O)O. The molecular formula is C16H22N2O5. The number of nitrogens with one attached hydrogen (secondary N) is 2. The fraction of sp³-hybridized carbons (Fsp3) is 0.438. The molecule has 7 nitrogen and oxygen atoms in total. The number of benzene rings is 1. The lowest BCUT2D eigenvalue weighted by molar-refractivity contribution is -0.143. The van der Waals surface area contributed by atoms with E-state index in [1.807, 2.05) is 37.3 Å². The van der Waals surface area contributed by atoms with Gasteiger partial charge in [0.1, 0.15) is 19.2 Å². The van der Waals surface area contributed by atoms with E-state index in [1.165, 1.54) is 0 Å². The topological polar surface area (TPSA) is 105 Å². The Bertz CT molecular complexity index is 533. The molecule has 0 saturated heterocycles. The summed E-state index contributed by atoms with van der Waals surface area (Å²) in [6.07, 6.45) is -0.122. The molecule has 0 unspecified atom stereocenters. The summed E-state index contributed by atoms with van der Waals surface area (Å²) in [7, 11) is 0. The summed E-state index contributed by atoms with van der Waals surface area (Å²) in [5.41, 5.74) is 0.829. The number of ether oxygens (including phenoxy) is 1. The first-order valence-corrected chi connectivity index (χ1v) is 7.40. The maximum absolute atomic E-state index is 11.7. The molecule has 0 fully saturated rings. The van der Waals surface area contributed by atoms with Gasteiger partial charge in [-0.2, -0.15) is 0 Å². The number of carboxylic acid groups (broad SMARTS) is 1. The third-order valence-corrected chi connectivity index (χ3v) is 3.40. The minimum atomic E-state index is -1.10. The van der Waals surface area contributed by atoms with Crippen LogP contribution in [0.25, 0.3) is 0 Å². The summed E-state index contributed by atoms with van der Waals surface area (Å²) in [5, 5.41) is 13.8. The molecule has 2 atom stereocenters. The van der Waals surface area contributed by atoms with Gasteiger partial charge in [-0.05, 0) is 11.5 Å². The highest BCUT2D eigenvalue weighted by Gasteiger charge is 2.25. The Morgan fingerprint density at radius 1 is 1.22 bits per heavy atom. The van der Waals surface area contributed by atoms with E-state index in [-0.39, 0.29) is 19.1 Å². The number of alkyl carbamates (subject to hydrolysis) is 1. The van der Waals surface area contributed by atoms with Gasteiger partial charge in [-0.3, -0.25) is 4.79 Å². The molecule has 0 aromatic heterocycles. The first kappa shape index (κ1) is 18.5. The minimum absolute atomic E-state index is 0.0961. The van der Waals surface area contributed by atoms with E-state index in [0.29, 0.717) is 6.42 Å². The van der Waals surface area contributed by atoms with Crippen molar-refractivity contribution in [3.63, 3.8) is 0 Å². The first-order chi connectivity index (χ1) is 10.9. The Balaban J connectivity index is 2.34. The average molecular weight is 322 g/mol.